The first-order chi connectivity index (χ1) is 12.5. The number of aromatic amines is 1. The fraction of sp³-hybridized carbons (Fsp3) is 0.250. The molecule has 0 saturated carbocycles. The van der Waals surface area contributed by atoms with Crippen LogP contribution in [0.4, 0.5) is 5.69 Å². The second kappa shape index (κ2) is 7.91. The highest BCUT2D eigenvalue weighted by molar-refractivity contribution is 7.98. The van der Waals surface area contributed by atoms with Gasteiger partial charge in [-0.1, -0.05) is 42.4 Å². The number of aryl methyl sites for hydroxylation is 1. The van der Waals surface area contributed by atoms with Crippen LogP contribution in [0.15, 0.2) is 44.8 Å². The monoisotopic (exact) mass is 373 g/mol. The zero-order chi connectivity index (χ0) is 18.5. The summed E-state index contributed by atoms with van der Waals surface area (Å²) in [5.41, 5.74) is 0.990. The van der Waals surface area contributed by atoms with Gasteiger partial charge in [-0.05, 0) is 6.42 Å². The third-order valence-electron chi connectivity index (χ3n) is 3.39. The van der Waals surface area contributed by atoms with Gasteiger partial charge >= 0.3 is 0 Å². The quantitative estimate of drug-likeness (QED) is 0.290. The molecule has 1 N–H and O–H groups in total. The normalized spacial score (nSPS) is 10.8. The van der Waals surface area contributed by atoms with Gasteiger partial charge in [-0.15, -0.1) is 0 Å². The molecule has 0 radical (unpaired) electrons. The SMILES string of the molecule is CCCc1cc(=O)[nH]c(SCc2nc(-c3cccc([N+](=O)[O-])c3)no2)n1. The van der Waals surface area contributed by atoms with Crippen LogP contribution in [-0.4, -0.2) is 25.0 Å². The van der Waals surface area contributed by atoms with Gasteiger partial charge in [-0.25, -0.2) is 4.98 Å². The molecule has 1 aromatic carbocycles. The van der Waals surface area contributed by atoms with Crippen molar-refractivity contribution in [3.05, 3.63) is 62.4 Å². The van der Waals surface area contributed by atoms with Gasteiger partial charge in [-0.3, -0.25) is 14.9 Å². The number of hydrogen-bond donors (Lipinski definition) is 1. The van der Waals surface area contributed by atoms with Gasteiger partial charge in [0, 0.05) is 29.5 Å². The number of rotatable bonds is 7. The Hall–Kier alpha value is -3.01. The van der Waals surface area contributed by atoms with E-state index >= 15 is 0 Å². The number of non-ortho nitro benzene ring substituents is 1. The number of benzene rings is 1. The van der Waals surface area contributed by atoms with Crippen LogP contribution in [0.1, 0.15) is 24.9 Å². The Morgan fingerprint density at radius 3 is 2.92 bits per heavy atom. The first kappa shape index (κ1) is 17.8. The molecule has 0 atom stereocenters. The van der Waals surface area contributed by atoms with E-state index in [0.29, 0.717) is 22.4 Å². The molecule has 3 rings (SSSR count). The predicted molar refractivity (Wildman–Crippen MR) is 94.8 cm³/mol. The minimum absolute atomic E-state index is 0.0438. The van der Waals surface area contributed by atoms with Gasteiger partial charge in [0.25, 0.3) is 11.2 Å². The van der Waals surface area contributed by atoms with Crippen molar-refractivity contribution in [2.24, 2.45) is 0 Å². The number of thioether (sulfide) groups is 1. The fourth-order valence-corrected chi connectivity index (χ4v) is 2.99. The molecule has 2 aromatic heterocycles. The van der Waals surface area contributed by atoms with E-state index in [9.17, 15) is 14.9 Å². The second-order valence-corrected chi connectivity index (χ2v) is 6.36. The maximum absolute atomic E-state index is 11.7. The van der Waals surface area contributed by atoms with Gasteiger partial charge in [0.1, 0.15) is 0 Å². The lowest BCUT2D eigenvalue weighted by atomic mass is 10.2. The molecular formula is C16H15N5O4S. The van der Waals surface area contributed by atoms with E-state index in [1.165, 1.54) is 30.0 Å². The van der Waals surface area contributed by atoms with Crippen LogP contribution < -0.4 is 5.56 Å². The standard InChI is InChI=1S/C16H15N5O4S/c1-2-4-11-8-13(22)18-16(17-11)26-9-14-19-15(20-25-14)10-5-3-6-12(7-10)21(23)24/h3,5-8H,2,4,9H2,1H3,(H,17,18,22). The van der Waals surface area contributed by atoms with Gasteiger partial charge in [0.05, 0.1) is 10.7 Å². The molecule has 0 fully saturated rings. The van der Waals surface area contributed by atoms with Crippen molar-refractivity contribution in [2.75, 3.05) is 0 Å². The Kier molecular flexibility index (Phi) is 5.42. The van der Waals surface area contributed by atoms with E-state index in [2.05, 4.69) is 20.1 Å². The van der Waals surface area contributed by atoms with Crippen LogP contribution in [-0.2, 0) is 12.2 Å². The highest BCUT2D eigenvalue weighted by Crippen LogP contribution is 2.23. The molecule has 0 saturated heterocycles. The van der Waals surface area contributed by atoms with Crippen LogP contribution >= 0.6 is 11.8 Å². The average molecular weight is 373 g/mol. The molecule has 0 aliphatic rings. The molecule has 0 unspecified atom stereocenters. The smallest absolute Gasteiger partial charge is 0.270 e. The van der Waals surface area contributed by atoms with E-state index in [1.54, 1.807) is 12.1 Å². The van der Waals surface area contributed by atoms with Gasteiger partial charge in [-0.2, -0.15) is 4.98 Å². The minimum atomic E-state index is -0.481. The molecule has 26 heavy (non-hydrogen) atoms. The summed E-state index contributed by atoms with van der Waals surface area (Å²) >= 11 is 1.27. The predicted octanol–water partition coefficient (Wildman–Crippen LogP) is 2.97. The second-order valence-electron chi connectivity index (χ2n) is 5.40. The van der Waals surface area contributed by atoms with Crippen LogP contribution in [0.25, 0.3) is 11.4 Å². The van der Waals surface area contributed by atoms with Crippen LogP contribution in [0.2, 0.25) is 0 Å². The first-order valence-corrected chi connectivity index (χ1v) is 8.84. The lowest BCUT2D eigenvalue weighted by Crippen LogP contribution is -2.09. The molecule has 0 aliphatic carbocycles. The molecule has 134 valence electrons. The van der Waals surface area contributed by atoms with Crippen LogP contribution in [0.5, 0.6) is 0 Å². The molecule has 0 aliphatic heterocycles. The number of nitro groups is 1. The van der Waals surface area contributed by atoms with Crippen molar-refractivity contribution in [1.29, 1.82) is 0 Å². The Morgan fingerprint density at radius 1 is 1.31 bits per heavy atom. The first-order valence-electron chi connectivity index (χ1n) is 7.85. The van der Waals surface area contributed by atoms with Crippen molar-refractivity contribution in [1.82, 2.24) is 20.1 Å². The summed E-state index contributed by atoms with van der Waals surface area (Å²) in [5.74, 6) is 0.922. The molecular weight excluding hydrogens is 358 g/mol. The lowest BCUT2D eigenvalue weighted by Gasteiger charge is -2.01. The van der Waals surface area contributed by atoms with Crippen molar-refractivity contribution in [3.8, 4) is 11.4 Å². The molecule has 2 heterocycles. The summed E-state index contributed by atoms with van der Waals surface area (Å²) in [5, 5.41) is 15.2. The largest absolute Gasteiger partial charge is 0.338 e. The van der Waals surface area contributed by atoms with Crippen LogP contribution in [0.3, 0.4) is 0 Å². The van der Waals surface area contributed by atoms with E-state index < -0.39 is 4.92 Å². The summed E-state index contributed by atoms with van der Waals surface area (Å²) in [7, 11) is 0. The highest BCUT2D eigenvalue weighted by Gasteiger charge is 2.13. The molecule has 0 spiro atoms. The number of nitro benzene ring substituents is 1. The van der Waals surface area contributed by atoms with E-state index in [0.717, 1.165) is 18.5 Å². The zero-order valence-corrected chi connectivity index (χ0v) is 14.7. The number of hydrogen-bond acceptors (Lipinski definition) is 8. The van der Waals surface area contributed by atoms with Gasteiger partial charge < -0.3 is 9.51 Å². The average Bonchev–Trinajstić information content (AvgIpc) is 3.09. The third kappa shape index (κ3) is 4.33. The summed E-state index contributed by atoms with van der Waals surface area (Å²) in [6, 6.07) is 7.50. The topological polar surface area (TPSA) is 128 Å². The van der Waals surface area contributed by atoms with E-state index in [1.807, 2.05) is 6.92 Å². The molecule has 10 heteroatoms. The van der Waals surface area contributed by atoms with E-state index in [4.69, 9.17) is 4.52 Å². The van der Waals surface area contributed by atoms with Crippen molar-refractivity contribution < 1.29 is 9.45 Å². The molecule has 3 aromatic rings. The summed E-state index contributed by atoms with van der Waals surface area (Å²) in [6.07, 6.45) is 1.63. The van der Waals surface area contributed by atoms with Crippen LogP contribution in [0, 0.1) is 10.1 Å². The Morgan fingerprint density at radius 2 is 2.15 bits per heavy atom. The van der Waals surface area contributed by atoms with Crippen molar-refractivity contribution >= 4 is 17.4 Å². The fourth-order valence-electron chi connectivity index (χ4n) is 2.26. The Balaban J connectivity index is 1.72. The molecule has 0 amide bonds. The van der Waals surface area contributed by atoms with E-state index in [-0.39, 0.29) is 17.1 Å². The van der Waals surface area contributed by atoms with Crippen molar-refractivity contribution in [2.45, 2.75) is 30.7 Å². The highest BCUT2D eigenvalue weighted by atomic mass is 32.2. The zero-order valence-electron chi connectivity index (χ0n) is 13.8. The maximum Gasteiger partial charge on any atom is 0.270 e. The van der Waals surface area contributed by atoms with Crippen molar-refractivity contribution in [3.63, 3.8) is 0 Å². The summed E-state index contributed by atoms with van der Waals surface area (Å²) in [4.78, 5) is 33.3. The maximum atomic E-state index is 11.7. The van der Waals surface area contributed by atoms with Gasteiger partial charge in [0.15, 0.2) is 5.16 Å². The number of H-pyrrole nitrogens is 1. The molecule has 0 bridgehead atoms. The Labute approximate surface area is 152 Å². The summed E-state index contributed by atoms with van der Waals surface area (Å²) < 4.78 is 5.18. The Bertz CT molecular complexity index is 985. The molecule has 9 nitrogen and oxygen atoms in total. The number of nitrogens with one attached hydrogen (secondary N) is 1. The number of nitrogens with zero attached hydrogens (tertiary/aromatic N) is 4. The third-order valence-corrected chi connectivity index (χ3v) is 4.25. The summed E-state index contributed by atoms with van der Waals surface area (Å²) in [6.45, 7) is 2.02. The number of aromatic nitrogens is 4. The minimum Gasteiger partial charge on any atom is -0.338 e. The lowest BCUT2D eigenvalue weighted by molar-refractivity contribution is -0.384. The van der Waals surface area contributed by atoms with Gasteiger partial charge in [0.2, 0.25) is 11.7 Å².